The van der Waals surface area contributed by atoms with E-state index in [1.165, 1.54) is 0 Å². The monoisotopic (exact) mass is 191 g/mol. The molecule has 70 valence electrons. The van der Waals surface area contributed by atoms with Crippen molar-refractivity contribution < 1.29 is 19.7 Å². The predicted octanol–water partition coefficient (Wildman–Crippen LogP) is -0.574. The SMILES string of the molecule is O=C1NC(=O)C(c2cc[nH+]cc2)=C1O. The molecule has 0 aromatic carbocycles. The summed E-state index contributed by atoms with van der Waals surface area (Å²) in [6.07, 6.45) is 3.21. The summed E-state index contributed by atoms with van der Waals surface area (Å²) in [4.78, 5) is 24.9. The van der Waals surface area contributed by atoms with E-state index in [-0.39, 0.29) is 5.57 Å². The van der Waals surface area contributed by atoms with E-state index in [1.807, 2.05) is 5.32 Å². The Morgan fingerprint density at radius 2 is 1.79 bits per heavy atom. The number of pyridine rings is 1. The standard InChI is InChI=1S/C9H6N2O3/c12-7-6(8(13)11-9(7)14)5-1-3-10-4-2-5/h1-4H,(H2,11,12,13,14)/p+1. The van der Waals surface area contributed by atoms with Gasteiger partial charge < -0.3 is 5.11 Å². The highest BCUT2D eigenvalue weighted by Gasteiger charge is 2.31. The highest BCUT2D eigenvalue weighted by atomic mass is 16.3. The molecule has 2 amide bonds. The van der Waals surface area contributed by atoms with Crippen molar-refractivity contribution in [1.82, 2.24) is 5.32 Å². The zero-order valence-electron chi connectivity index (χ0n) is 7.07. The lowest BCUT2D eigenvalue weighted by Crippen LogP contribution is -2.23. The maximum atomic E-state index is 11.2. The lowest BCUT2D eigenvalue weighted by molar-refractivity contribution is -0.378. The third kappa shape index (κ3) is 1.15. The van der Waals surface area contributed by atoms with Crippen LogP contribution in [0.2, 0.25) is 0 Å². The van der Waals surface area contributed by atoms with Crippen LogP contribution in [0.5, 0.6) is 0 Å². The van der Waals surface area contributed by atoms with Gasteiger partial charge in [0.2, 0.25) is 0 Å². The number of amides is 2. The van der Waals surface area contributed by atoms with Crippen molar-refractivity contribution in [3.63, 3.8) is 0 Å². The average molecular weight is 191 g/mol. The molecule has 0 aliphatic carbocycles. The molecule has 2 heterocycles. The third-order valence-corrected chi connectivity index (χ3v) is 1.91. The number of hydrogen-bond acceptors (Lipinski definition) is 3. The maximum Gasteiger partial charge on any atom is 0.293 e. The first-order valence-electron chi connectivity index (χ1n) is 3.95. The molecule has 5 nitrogen and oxygen atoms in total. The van der Waals surface area contributed by atoms with Crippen LogP contribution in [-0.2, 0) is 9.59 Å². The molecule has 2 rings (SSSR count). The highest BCUT2D eigenvalue weighted by Crippen LogP contribution is 2.20. The fourth-order valence-corrected chi connectivity index (χ4v) is 1.27. The lowest BCUT2D eigenvalue weighted by Gasteiger charge is -1.95. The topological polar surface area (TPSA) is 80.5 Å². The van der Waals surface area contributed by atoms with Crippen molar-refractivity contribution in [2.75, 3.05) is 0 Å². The smallest absolute Gasteiger partial charge is 0.293 e. The van der Waals surface area contributed by atoms with Crippen LogP contribution in [0, 0.1) is 0 Å². The van der Waals surface area contributed by atoms with Crippen molar-refractivity contribution in [3.8, 4) is 0 Å². The highest BCUT2D eigenvalue weighted by molar-refractivity contribution is 6.34. The normalized spacial score (nSPS) is 16.0. The second-order valence-corrected chi connectivity index (χ2v) is 2.80. The Balaban J connectivity index is 2.54. The van der Waals surface area contributed by atoms with Gasteiger partial charge in [-0.3, -0.25) is 14.9 Å². The number of aliphatic hydroxyl groups excluding tert-OH is 1. The molecule has 0 fully saturated rings. The van der Waals surface area contributed by atoms with Crippen LogP contribution in [0.3, 0.4) is 0 Å². The average Bonchev–Trinajstić information content (AvgIpc) is 2.43. The van der Waals surface area contributed by atoms with E-state index in [4.69, 9.17) is 0 Å². The van der Waals surface area contributed by atoms with Crippen LogP contribution in [-0.4, -0.2) is 16.9 Å². The molecule has 5 heteroatoms. The Morgan fingerprint density at radius 3 is 2.29 bits per heavy atom. The fourth-order valence-electron chi connectivity index (χ4n) is 1.27. The van der Waals surface area contributed by atoms with Crippen molar-refractivity contribution in [3.05, 3.63) is 35.8 Å². The Bertz CT molecular complexity index is 437. The molecule has 0 atom stereocenters. The van der Waals surface area contributed by atoms with Gasteiger partial charge in [0.25, 0.3) is 11.8 Å². The first-order valence-corrected chi connectivity index (χ1v) is 3.95. The molecule has 0 saturated carbocycles. The lowest BCUT2D eigenvalue weighted by atomic mass is 10.1. The number of aliphatic hydroxyl groups is 1. The molecule has 0 bridgehead atoms. The fraction of sp³-hybridized carbons (Fsp3) is 0. The van der Waals surface area contributed by atoms with Crippen LogP contribution in [0.15, 0.2) is 30.3 Å². The molecule has 1 aliphatic rings. The molecule has 1 aliphatic heterocycles. The number of H-pyrrole nitrogens is 1. The summed E-state index contributed by atoms with van der Waals surface area (Å²) in [7, 11) is 0. The molecule has 0 radical (unpaired) electrons. The molecule has 1 aromatic heterocycles. The number of rotatable bonds is 1. The van der Waals surface area contributed by atoms with Crippen molar-refractivity contribution >= 4 is 17.4 Å². The van der Waals surface area contributed by atoms with Crippen LogP contribution >= 0.6 is 0 Å². The van der Waals surface area contributed by atoms with Gasteiger partial charge in [-0.05, 0) is 0 Å². The van der Waals surface area contributed by atoms with E-state index in [0.717, 1.165) is 0 Å². The van der Waals surface area contributed by atoms with Gasteiger partial charge in [0, 0.05) is 17.7 Å². The van der Waals surface area contributed by atoms with Gasteiger partial charge in [-0.25, -0.2) is 4.98 Å². The quantitative estimate of drug-likeness (QED) is 0.583. The Labute approximate surface area is 79.1 Å². The van der Waals surface area contributed by atoms with E-state index >= 15 is 0 Å². The molecule has 1 aromatic rings. The maximum absolute atomic E-state index is 11.2. The van der Waals surface area contributed by atoms with Gasteiger partial charge in [0.1, 0.15) is 0 Å². The number of carbonyl (C=O) groups is 2. The molecule has 14 heavy (non-hydrogen) atoms. The second-order valence-electron chi connectivity index (χ2n) is 2.80. The zero-order chi connectivity index (χ0) is 10.1. The Kier molecular flexibility index (Phi) is 1.78. The Hall–Kier alpha value is -2.17. The van der Waals surface area contributed by atoms with Crippen LogP contribution in [0.4, 0.5) is 0 Å². The molecule has 0 saturated heterocycles. The van der Waals surface area contributed by atoms with Crippen LogP contribution in [0.25, 0.3) is 5.57 Å². The summed E-state index contributed by atoms with van der Waals surface area (Å²) in [6.45, 7) is 0. The van der Waals surface area contributed by atoms with Gasteiger partial charge >= 0.3 is 0 Å². The minimum absolute atomic E-state index is 0.0176. The molecular formula is C9H7N2O3+. The van der Waals surface area contributed by atoms with Crippen molar-refractivity contribution in [2.24, 2.45) is 0 Å². The largest absolute Gasteiger partial charge is 0.502 e. The van der Waals surface area contributed by atoms with E-state index in [0.29, 0.717) is 5.56 Å². The summed E-state index contributed by atoms with van der Waals surface area (Å²) in [5, 5.41) is 11.3. The summed E-state index contributed by atoms with van der Waals surface area (Å²) >= 11 is 0. The summed E-state index contributed by atoms with van der Waals surface area (Å²) in [6, 6.07) is 3.20. The van der Waals surface area contributed by atoms with Gasteiger partial charge in [0.05, 0.1) is 5.57 Å². The van der Waals surface area contributed by atoms with Gasteiger partial charge in [-0.2, -0.15) is 0 Å². The van der Waals surface area contributed by atoms with E-state index in [1.54, 1.807) is 24.5 Å². The molecule has 0 unspecified atom stereocenters. The number of imide groups is 1. The number of aromatic amines is 1. The Morgan fingerprint density at radius 1 is 1.14 bits per heavy atom. The second kappa shape index (κ2) is 2.95. The van der Waals surface area contributed by atoms with E-state index < -0.39 is 17.6 Å². The zero-order valence-corrected chi connectivity index (χ0v) is 7.07. The number of aromatic nitrogens is 1. The van der Waals surface area contributed by atoms with E-state index in [2.05, 4.69) is 4.98 Å². The van der Waals surface area contributed by atoms with Crippen molar-refractivity contribution in [1.29, 1.82) is 0 Å². The van der Waals surface area contributed by atoms with Gasteiger partial charge in [0.15, 0.2) is 18.2 Å². The number of hydrogen-bond donors (Lipinski definition) is 2. The first-order chi connectivity index (χ1) is 6.70. The van der Waals surface area contributed by atoms with Gasteiger partial charge in [-0.15, -0.1) is 0 Å². The third-order valence-electron chi connectivity index (χ3n) is 1.91. The summed E-state index contributed by atoms with van der Waals surface area (Å²) < 4.78 is 0. The molecular weight excluding hydrogens is 184 g/mol. The van der Waals surface area contributed by atoms with E-state index in [9.17, 15) is 14.7 Å². The summed E-state index contributed by atoms with van der Waals surface area (Å²) in [5.41, 5.74) is 0.522. The van der Waals surface area contributed by atoms with Crippen LogP contribution in [0.1, 0.15) is 5.56 Å². The summed E-state index contributed by atoms with van der Waals surface area (Å²) in [5.74, 6) is -1.85. The van der Waals surface area contributed by atoms with Gasteiger partial charge in [-0.1, -0.05) is 0 Å². The minimum Gasteiger partial charge on any atom is -0.502 e. The number of nitrogens with one attached hydrogen (secondary N) is 2. The molecule has 3 N–H and O–H groups in total. The predicted molar refractivity (Wildman–Crippen MR) is 45.7 cm³/mol. The molecule has 0 spiro atoms. The van der Waals surface area contributed by atoms with Crippen molar-refractivity contribution in [2.45, 2.75) is 0 Å². The number of carbonyl (C=O) groups excluding carboxylic acids is 2. The van der Waals surface area contributed by atoms with Crippen LogP contribution < -0.4 is 10.3 Å². The minimum atomic E-state index is -0.752. The first kappa shape index (κ1) is 8.43.